The van der Waals surface area contributed by atoms with Crippen molar-refractivity contribution in [3.63, 3.8) is 0 Å². The maximum Gasteiger partial charge on any atom is 0.337 e. The Morgan fingerprint density at radius 3 is 2.35 bits per heavy atom. The van der Waals surface area contributed by atoms with Gasteiger partial charge >= 0.3 is 5.97 Å². The summed E-state index contributed by atoms with van der Waals surface area (Å²) in [7, 11) is 1.34. The van der Waals surface area contributed by atoms with Crippen LogP contribution in [0.3, 0.4) is 0 Å². The third-order valence-electron chi connectivity index (χ3n) is 4.36. The Morgan fingerprint density at radius 2 is 1.65 bits per heavy atom. The van der Waals surface area contributed by atoms with E-state index < -0.39 is 5.97 Å². The van der Waals surface area contributed by atoms with Crippen molar-refractivity contribution in [2.24, 2.45) is 5.10 Å². The van der Waals surface area contributed by atoms with Crippen molar-refractivity contribution in [3.05, 3.63) is 101 Å². The molecule has 0 aliphatic heterocycles. The van der Waals surface area contributed by atoms with Crippen LogP contribution in [0.15, 0.2) is 77.9 Å². The van der Waals surface area contributed by atoms with Gasteiger partial charge < -0.3 is 9.47 Å². The van der Waals surface area contributed by atoms with Crippen LogP contribution >= 0.6 is 0 Å². The van der Waals surface area contributed by atoms with Gasteiger partial charge in [-0.25, -0.2) is 14.6 Å². The smallest absolute Gasteiger partial charge is 0.337 e. The number of hydrazone groups is 1. The second-order valence-electron chi connectivity index (χ2n) is 6.61. The molecule has 158 valence electrons. The predicted octanol–water partition coefficient (Wildman–Crippen LogP) is 3.88. The molecule has 3 rings (SSSR count). The van der Waals surface area contributed by atoms with Crippen molar-refractivity contribution in [1.29, 1.82) is 0 Å². The summed E-state index contributed by atoms with van der Waals surface area (Å²) in [5, 5.41) is 3.98. The molecule has 0 radical (unpaired) electrons. The Kier molecular flexibility index (Phi) is 7.48. The molecule has 0 spiro atoms. The van der Waals surface area contributed by atoms with Gasteiger partial charge in [-0.05, 0) is 47.5 Å². The maximum absolute atomic E-state index is 12.9. The summed E-state index contributed by atoms with van der Waals surface area (Å²) in [4.78, 5) is 23.5. The zero-order valence-corrected chi connectivity index (χ0v) is 16.9. The van der Waals surface area contributed by atoms with E-state index in [1.807, 2.05) is 18.2 Å². The Morgan fingerprint density at radius 1 is 0.968 bits per heavy atom. The standard InChI is InChI=1S/C24H21FN2O4/c1-30-24(29)19-10-6-18(7-11-19)16-31-22-5-3-2-4-20(22)15-26-27-23(28)14-17-8-12-21(25)13-9-17/h2-13,15H,14,16H2,1H3,(H,27,28)/b26-15+. The highest BCUT2D eigenvalue weighted by molar-refractivity contribution is 5.89. The summed E-state index contributed by atoms with van der Waals surface area (Å²) < 4.78 is 23.5. The molecule has 0 atom stereocenters. The number of nitrogens with zero attached hydrogens (tertiary/aromatic N) is 1. The maximum atomic E-state index is 12.9. The van der Waals surface area contributed by atoms with Crippen LogP contribution in [0.5, 0.6) is 5.75 Å². The molecule has 6 nitrogen and oxygen atoms in total. The van der Waals surface area contributed by atoms with Crippen LogP contribution in [0.1, 0.15) is 27.0 Å². The average molecular weight is 420 g/mol. The fourth-order valence-electron chi connectivity index (χ4n) is 2.74. The molecule has 7 heteroatoms. The van der Waals surface area contributed by atoms with Crippen molar-refractivity contribution in [2.75, 3.05) is 7.11 Å². The molecule has 0 unspecified atom stereocenters. The van der Waals surface area contributed by atoms with E-state index >= 15 is 0 Å². The summed E-state index contributed by atoms with van der Waals surface area (Å²) in [6.07, 6.45) is 1.59. The molecule has 31 heavy (non-hydrogen) atoms. The van der Waals surface area contributed by atoms with Gasteiger partial charge in [0.25, 0.3) is 0 Å². The first-order valence-corrected chi connectivity index (χ1v) is 9.50. The number of benzene rings is 3. The number of para-hydroxylation sites is 1. The van der Waals surface area contributed by atoms with E-state index in [0.717, 1.165) is 5.56 Å². The van der Waals surface area contributed by atoms with Gasteiger partial charge in [0.15, 0.2) is 0 Å². The van der Waals surface area contributed by atoms with Crippen LogP contribution in [0.4, 0.5) is 4.39 Å². The van der Waals surface area contributed by atoms with E-state index in [1.54, 1.807) is 42.5 Å². The molecule has 0 heterocycles. The first kappa shape index (κ1) is 21.7. The first-order valence-electron chi connectivity index (χ1n) is 9.50. The summed E-state index contributed by atoms with van der Waals surface area (Å²) in [5.74, 6) is -0.461. The van der Waals surface area contributed by atoms with E-state index in [9.17, 15) is 14.0 Å². The second kappa shape index (κ2) is 10.7. The quantitative estimate of drug-likeness (QED) is 0.341. The number of amides is 1. The van der Waals surface area contributed by atoms with Crippen LogP contribution in [-0.2, 0) is 22.6 Å². The van der Waals surface area contributed by atoms with E-state index in [4.69, 9.17) is 4.74 Å². The third-order valence-corrected chi connectivity index (χ3v) is 4.36. The zero-order chi connectivity index (χ0) is 22.1. The largest absolute Gasteiger partial charge is 0.488 e. The van der Waals surface area contributed by atoms with E-state index in [0.29, 0.717) is 29.0 Å². The van der Waals surface area contributed by atoms with Gasteiger partial charge in [-0.2, -0.15) is 5.10 Å². The van der Waals surface area contributed by atoms with Crippen LogP contribution < -0.4 is 10.2 Å². The highest BCUT2D eigenvalue weighted by Crippen LogP contribution is 2.18. The van der Waals surface area contributed by atoms with Gasteiger partial charge in [-0.3, -0.25) is 4.79 Å². The molecule has 0 saturated carbocycles. The number of hydrogen-bond donors (Lipinski definition) is 1. The molecule has 3 aromatic carbocycles. The average Bonchev–Trinajstić information content (AvgIpc) is 2.80. The fraction of sp³-hybridized carbons (Fsp3) is 0.125. The number of hydrogen-bond acceptors (Lipinski definition) is 5. The molecule has 0 bridgehead atoms. The van der Waals surface area contributed by atoms with Crippen LogP contribution in [-0.4, -0.2) is 25.2 Å². The summed E-state index contributed by atoms with van der Waals surface area (Å²) >= 11 is 0. The molecule has 0 aliphatic rings. The Balaban J connectivity index is 1.56. The number of ether oxygens (including phenoxy) is 2. The minimum atomic E-state index is -0.393. The topological polar surface area (TPSA) is 77.0 Å². The van der Waals surface area contributed by atoms with Crippen molar-refractivity contribution in [1.82, 2.24) is 5.43 Å². The molecule has 0 aliphatic carbocycles. The number of esters is 1. The van der Waals surface area contributed by atoms with Gasteiger partial charge in [-0.15, -0.1) is 0 Å². The van der Waals surface area contributed by atoms with Gasteiger partial charge in [0.2, 0.25) is 5.91 Å². The predicted molar refractivity (Wildman–Crippen MR) is 114 cm³/mol. The van der Waals surface area contributed by atoms with Gasteiger partial charge in [0, 0.05) is 5.56 Å². The first-order chi connectivity index (χ1) is 15.0. The van der Waals surface area contributed by atoms with Crippen LogP contribution in [0, 0.1) is 5.82 Å². The molecule has 1 amide bonds. The van der Waals surface area contributed by atoms with Crippen molar-refractivity contribution < 1.29 is 23.5 Å². The minimum Gasteiger partial charge on any atom is -0.488 e. The number of halogens is 1. The monoisotopic (exact) mass is 420 g/mol. The van der Waals surface area contributed by atoms with Crippen molar-refractivity contribution >= 4 is 18.1 Å². The van der Waals surface area contributed by atoms with E-state index in [2.05, 4.69) is 15.3 Å². The lowest BCUT2D eigenvalue weighted by molar-refractivity contribution is -0.120. The number of nitrogens with one attached hydrogen (secondary N) is 1. The molecular weight excluding hydrogens is 399 g/mol. The number of carbonyl (C=O) groups is 2. The van der Waals surface area contributed by atoms with Gasteiger partial charge in [0.1, 0.15) is 18.2 Å². The highest BCUT2D eigenvalue weighted by atomic mass is 19.1. The second-order valence-corrected chi connectivity index (χ2v) is 6.61. The highest BCUT2D eigenvalue weighted by Gasteiger charge is 2.06. The van der Waals surface area contributed by atoms with Crippen molar-refractivity contribution in [3.8, 4) is 5.75 Å². The molecule has 3 aromatic rings. The summed E-state index contributed by atoms with van der Waals surface area (Å²) in [5.41, 5.74) is 5.19. The SMILES string of the molecule is COC(=O)c1ccc(COc2ccccc2/C=N/NC(=O)Cc2ccc(F)cc2)cc1. The Labute approximate surface area is 179 Å². The van der Waals surface area contributed by atoms with E-state index in [1.165, 1.54) is 25.5 Å². The fourth-order valence-corrected chi connectivity index (χ4v) is 2.74. The lowest BCUT2D eigenvalue weighted by Crippen LogP contribution is -2.19. The third kappa shape index (κ3) is 6.50. The normalized spacial score (nSPS) is 10.6. The molecule has 0 fully saturated rings. The lowest BCUT2D eigenvalue weighted by Gasteiger charge is -2.09. The van der Waals surface area contributed by atoms with Crippen molar-refractivity contribution in [2.45, 2.75) is 13.0 Å². The van der Waals surface area contributed by atoms with Gasteiger partial charge in [-0.1, -0.05) is 36.4 Å². The molecular formula is C24H21FN2O4. The number of methoxy groups -OCH3 is 1. The number of rotatable bonds is 8. The number of carbonyl (C=O) groups excluding carboxylic acids is 2. The van der Waals surface area contributed by atoms with Gasteiger partial charge in [0.05, 0.1) is 25.3 Å². The Hall–Kier alpha value is -4.00. The Bertz CT molecular complexity index is 1060. The lowest BCUT2D eigenvalue weighted by atomic mass is 10.1. The summed E-state index contributed by atoms with van der Waals surface area (Å²) in [6, 6.07) is 19.9. The van der Waals surface area contributed by atoms with Crippen LogP contribution in [0.25, 0.3) is 0 Å². The molecule has 0 saturated heterocycles. The van der Waals surface area contributed by atoms with E-state index in [-0.39, 0.29) is 18.1 Å². The summed E-state index contributed by atoms with van der Waals surface area (Å²) in [6.45, 7) is 0.295. The molecule has 0 aromatic heterocycles. The molecule has 1 N–H and O–H groups in total. The minimum absolute atomic E-state index is 0.0946. The van der Waals surface area contributed by atoms with Crippen LogP contribution in [0.2, 0.25) is 0 Å². The zero-order valence-electron chi connectivity index (χ0n) is 16.9.